The average Bonchev–Trinajstić information content (AvgIpc) is 1.72. The molecule has 6 atom stereocenters. The monoisotopic (exact) mass is 1360 g/mol. The van der Waals surface area contributed by atoms with Gasteiger partial charge in [-0.2, -0.15) is 28.8 Å². The molecule has 508 valence electrons. The second kappa shape index (κ2) is 29.1. The minimum atomic E-state index is -3.00. The van der Waals surface area contributed by atoms with Crippen LogP contribution in [0.25, 0.3) is 16.9 Å². The maximum absolute atomic E-state index is 13.4. The standard InChI is InChI=1S/C22H26FN7O4.C17H18FN7O2.C16H19ClFN5O3.C6H8N2O/c1-22(2,3)34-21(32)29(4)17-10-16(26-14-7-6-8-24-20(14)33-5)28-18-12(11-25-30(17)18)19(31)27-15-9-13(15)23;1-19-14-7-13(22-11-4-3-5-20-17(11)27-2)24-15-9(8-21-25(14)15)16(26)23-12-6-10(12)18;1-16(2,3)26-15(25)22(4)12-6-11(17)21-13-8(7-19-23(12)13)14(24)20-10-5-9(10)18;1-9-6-5(7)3-2-4-8-6/h6-8,10-11,13,15H,9H2,1-5H3,(H,26,28)(H,27,31);3-5,7-8,10,12,19H,6H2,1-2H3,(H,22,24)(H,23,26);6-7,9-10H,5H2,1-4H3,(H,20,24);2-4H,7H2,1H3/t13-,15+;10-,12+;9-,10+;/m000./s1/i4D3;1D3;4D3;. The number of nitrogens with two attached hydrogens (primary N) is 1. The number of amides is 5. The van der Waals surface area contributed by atoms with Gasteiger partial charge in [-0.25, -0.2) is 52.7 Å². The number of carbonyl (C=O) groups is 5. The van der Waals surface area contributed by atoms with Gasteiger partial charge in [-0.1, -0.05) is 11.6 Å². The molecular formula is C61H71ClF3N21O10. The van der Waals surface area contributed by atoms with Gasteiger partial charge in [-0.05, 0) is 77.9 Å². The van der Waals surface area contributed by atoms with E-state index < -0.39 is 98.7 Å². The summed E-state index contributed by atoms with van der Waals surface area (Å²) in [5.74, 6) is -0.966. The van der Waals surface area contributed by atoms with Crippen LogP contribution in [-0.4, -0.2) is 179 Å². The predicted octanol–water partition coefficient (Wildman–Crippen LogP) is 8.11. The van der Waals surface area contributed by atoms with Crippen LogP contribution in [-0.2, 0) is 9.47 Å². The summed E-state index contributed by atoms with van der Waals surface area (Å²) < 4.78 is 139. The summed E-state index contributed by atoms with van der Waals surface area (Å²) in [5.41, 5.74) is 4.87. The molecule has 3 fully saturated rings. The number of hydrogen-bond acceptors (Lipinski definition) is 23. The molecule has 0 spiro atoms. The van der Waals surface area contributed by atoms with Gasteiger partial charge in [0.2, 0.25) is 17.6 Å². The number of pyridine rings is 3. The number of rotatable bonds is 16. The van der Waals surface area contributed by atoms with Gasteiger partial charge in [0.05, 0.1) is 63.7 Å². The predicted molar refractivity (Wildman–Crippen MR) is 348 cm³/mol. The summed E-state index contributed by atoms with van der Waals surface area (Å²) in [6.07, 6.45) is 3.32. The van der Waals surface area contributed by atoms with Crippen LogP contribution >= 0.6 is 11.6 Å². The number of hydrogen-bond donors (Lipinski definition) is 7. The first-order valence-corrected chi connectivity index (χ1v) is 29.3. The molecule has 0 saturated heterocycles. The molecule has 0 aliphatic heterocycles. The van der Waals surface area contributed by atoms with Gasteiger partial charge in [0, 0.05) is 89.3 Å². The Bertz CT molecular complexity index is 4700. The number of anilines is 8. The van der Waals surface area contributed by atoms with Crippen molar-refractivity contribution >= 4 is 105 Å². The van der Waals surface area contributed by atoms with E-state index in [2.05, 4.69) is 77.1 Å². The van der Waals surface area contributed by atoms with Gasteiger partial charge >= 0.3 is 12.2 Å². The summed E-state index contributed by atoms with van der Waals surface area (Å²) in [6, 6.07) is 12.3. The maximum atomic E-state index is 13.4. The highest BCUT2D eigenvalue weighted by Crippen LogP contribution is 2.33. The zero-order chi connectivity index (χ0) is 77.0. The van der Waals surface area contributed by atoms with Gasteiger partial charge in [0.25, 0.3) is 17.7 Å². The second-order valence-corrected chi connectivity index (χ2v) is 23.5. The van der Waals surface area contributed by atoms with Crippen molar-refractivity contribution in [2.75, 3.05) is 73.7 Å². The molecule has 3 aliphatic rings. The Morgan fingerprint density at radius 2 is 0.969 bits per heavy atom. The minimum absolute atomic E-state index is 0.0393. The maximum Gasteiger partial charge on any atom is 0.415 e. The van der Waals surface area contributed by atoms with E-state index >= 15 is 0 Å². The molecule has 0 aromatic carbocycles. The molecule has 3 aliphatic carbocycles. The molecule has 5 amide bonds. The first-order valence-electron chi connectivity index (χ1n) is 33.4. The van der Waals surface area contributed by atoms with Crippen molar-refractivity contribution in [1.82, 2.24) is 74.7 Å². The molecule has 0 unspecified atom stereocenters. The number of halogens is 4. The van der Waals surface area contributed by atoms with Gasteiger partial charge in [-0.3, -0.25) is 24.2 Å². The van der Waals surface area contributed by atoms with E-state index in [1.54, 1.807) is 97.4 Å². The van der Waals surface area contributed by atoms with Crippen LogP contribution in [0.15, 0.2) is 91.8 Å². The Morgan fingerprint density at radius 3 is 1.35 bits per heavy atom. The Morgan fingerprint density at radius 1 is 0.583 bits per heavy atom. The SMILES string of the molecule is COc1ncccc1N.[2H]C([2H])([2H])N(C(=O)OC(C)(C)C)c1cc(Cl)nc2c(C(=O)N[C@@H]3C[C@@H]3F)cnn12.[2H]C([2H])([2H])N(C(=O)OC(C)(C)C)c1cc(Nc2cccnc2OC)nc2c(C(=O)N[C@@H]3C[C@@H]3F)cnn12.[2H]C([2H])([2H])Nc1cc(Nc2cccnc2OC)nc2c(C(=O)N[C@@H]3C[C@@H]3F)cnn12. The van der Waals surface area contributed by atoms with Gasteiger partial charge in [0.15, 0.2) is 16.9 Å². The van der Waals surface area contributed by atoms with E-state index in [-0.39, 0.29) is 93.0 Å². The molecule has 0 bridgehead atoms. The van der Waals surface area contributed by atoms with Crippen LogP contribution in [0.3, 0.4) is 0 Å². The van der Waals surface area contributed by atoms with Crippen molar-refractivity contribution in [2.45, 2.75) is 109 Å². The Balaban J connectivity index is 0.000000173. The quantitative estimate of drug-likeness (QED) is 0.0449. The number of methoxy groups -OCH3 is 3. The highest BCUT2D eigenvalue weighted by Gasteiger charge is 2.41. The third kappa shape index (κ3) is 17.0. The number of fused-ring (bicyclic) bond motifs is 3. The lowest BCUT2D eigenvalue weighted by Gasteiger charge is -2.25. The van der Waals surface area contributed by atoms with Crippen molar-refractivity contribution in [3.63, 3.8) is 0 Å². The average molecular weight is 1360 g/mol. The van der Waals surface area contributed by atoms with Gasteiger partial charge in [-0.15, -0.1) is 0 Å². The fraction of sp³-hybridized carbons (Fsp3) is 0.377. The lowest BCUT2D eigenvalue weighted by atomic mass is 10.2. The van der Waals surface area contributed by atoms with Crippen LogP contribution in [0.1, 0.15) is 104 Å². The Labute approximate surface area is 564 Å². The number of aromatic nitrogens is 12. The number of ether oxygens (including phenoxy) is 5. The number of nitrogens with one attached hydrogen (secondary N) is 6. The van der Waals surface area contributed by atoms with E-state index in [0.717, 1.165) is 27.5 Å². The zero-order valence-corrected chi connectivity index (χ0v) is 53.4. The second-order valence-electron chi connectivity index (χ2n) is 23.1. The molecule has 9 aromatic heterocycles. The molecule has 9 aromatic rings. The van der Waals surface area contributed by atoms with Crippen molar-refractivity contribution in [3.8, 4) is 17.6 Å². The molecule has 3 saturated carbocycles. The van der Waals surface area contributed by atoms with Crippen molar-refractivity contribution in [2.24, 2.45) is 0 Å². The summed E-state index contributed by atoms with van der Waals surface area (Å²) in [7, 11) is 4.42. The van der Waals surface area contributed by atoms with Crippen LogP contribution < -0.4 is 61.6 Å². The molecular weight excluding hydrogens is 1280 g/mol. The lowest BCUT2D eigenvalue weighted by molar-refractivity contribution is 0.0577. The van der Waals surface area contributed by atoms with E-state index in [4.69, 9.17) is 53.4 Å². The van der Waals surface area contributed by atoms with E-state index in [9.17, 15) is 37.1 Å². The molecule has 31 nitrogen and oxygen atoms in total. The molecule has 96 heavy (non-hydrogen) atoms. The summed E-state index contributed by atoms with van der Waals surface area (Å²) in [4.78, 5) is 89.2. The summed E-state index contributed by atoms with van der Waals surface area (Å²) in [6.45, 7) is 1.10. The van der Waals surface area contributed by atoms with Crippen molar-refractivity contribution in [3.05, 3.63) is 114 Å². The van der Waals surface area contributed by atoms with Crippen LogP contribution in [0.5, 0.6) is 17.6 Å². The Kier molecular flexibility index (Phi) is 17.4. The van der Waals surface area contributed by atoms with Gasteiger partial charge < -0.3 is 61.3 Å². The third-order valence-electron chi connectivity index (χ3n) is 13.4. The smallest absolute Gasteiger partial charge is 0.415 e. The first-order chi connectivity index (χ1) is 49.1. The fourth-order valence-electron chi connectivity index (χ4n) is 8.47. The topological polar surface area (TPSA) is 365 Å². The van der Waals surface area contributed by atoms with Crippen LogP contribution in [0.4, 0.5) is 68.9 Å². The van der Waals surface area contributed by atoms with E-state index in [0.29, 0.717) is 38.6 Å². The van der Waals surface area contributed by atoms with E-state index in [1.165, 1.54) is 43.3 Å². The molecule has 8 N–H and O–H groups in total. The number of alkyl halides is 3. The van der Waals surface area contributed by atoms with Crippen LogP contribution in [0.2, 0.25) is 5.15 Å². The molecule has 12 rings (SSSR count). The minimum Gasteiger partial charge on any atom is -0.480 e. The zero-order valence-electron chi connectivity index (χ0n) is 61.7. The number of nitrogen functional groups attached to an aromatic ring is 1. The van der Waals surface area contributed by atoms with Crippen molar-refractivity contribution < 1.29 is 73.2 Å². The Hall–Kier alpha value is -11.1. The molecule has 0 radical (unpaired) electrons. The number of carbonyl (C=O) groups excluding carboxylic acids is 5. The number of nitrogens with zero attached hydrogens (tertiary/aromatic N) is 14. The largest absolute Gasteiger partial charge is 0.480 e. The third-order valence-corrected chi connectivity index (χ3v) is 13.5. The summed E-state index contributed by atoms with van der Waals surface area (Å²) in [5, 5.41) is 27.9. The highest BCUT2D eigenvalue weighted by molar-refractivity contribution is 6.30. The fourth-order valence-corrected chi connectivity index (χ4v) is 8.65. The highest BCUT2D eigenvalue weighted by atomic mass is 35.5. The van der Waals surface area contributed by atoms with Crippen molar-refractivity contribution in [1.29, 1.82) is 0 Å². The summed E-state index contributed by atoms with van der Waals surface area (Å²) >= 11 is 6.02. The molecule has 35 heteroatoms. The lowest BCUT2D eigenvalue weighted by Crippen LogP contribution is -2.35. The normalized spacial score (nSPS) is 19.1. The van der Waals surface area contributed by atoms with E-state index in [1.807, 2.05) is 0 Å². The molecule has 9 heterocycles. The first kappa shape index (κ1) is 57.6. The van der Waals surface area contributed by atoms with Crippen LogP contribution in [0, 0.1) is 0 Å². The van der Waals surface area contributed by atoms with Gasteiger partial charge in [0.1, 0.15) is 92.0 Å².